The molecule has 0 unspecified atom stereocenters. The molecule has 0 aromatic heterocycles. The lowest BCUT2D eigenvalue weighted by Crippen LogP contribution is -2.38. The van der Waals surface area contributed by atoms with E-state index in [2.05, 4.69) is 12.2 Å². The van der Waals surface area contributed by atoms with Gasteiger partial charge >= 0.3 is 0 Å². The van der Waals surface area contributed by atoms with Crippen LogP contribution < -0.4 is 5.32 Å². The third-order valence-corrected chi connectivity index (χ3v) is 3.66. The molecule has 2 rings (SSSR count). The highest BCUT2D eigenvalue weighted by atomic mass is 16.2. The normalized spacial score (nSPS) is 19.4. The number of likely N-dealkylation sites (N-methyl/N-ethyl adjacent to an activating group) is 1. The first-order valence-electron chi connectivity index (χ1n) is 6.14. The standard InChI is InChI=1S/C14H20N2O/c1-10-4-5-12(8-11(10)2)14(17)16(3)13-6-7-15-9-13/h4-5,8,13,15H,6-7,9H2,1-3H3/t13-/m0/s1. The summed E-state index contributed by atoms with van der Waals surface area (Å²) in [5, 5.41) is 3.29. The van der Waals surface area contributed by atoms with Crippen LogP contribution in [0.1, 0.15) is 27.9 Å². The Morgan fingerprint density at radius 1 is 1.35 bits per heavy atom. The molecule has 1 amide bonds. The number of benzene rings is 1. The van der Waals surface area contributed by atoms with Crippen molar-refractivity contribution in [3.8, 4) is 0 Å². The van der Waals surface area contributed by atoms with Gasteiger partial charge in [0.15, 0.2) is 0 Å². The van der Waals surface area contributed by atoms with Crippen molar-refractivity contribution >= 4 is 5.91 Å². The Balaban J connectivity index is 2.15. The Morgan fingerprint density at radius 3 is 2.71 bits per heavy atom. The molecule has 17 heavy (non-hydrogen) atoms. The molecule has 1 saturated heterocycles. The van der Waals surface area contributed by atoms with Crippen LogP contribution in [0.4, 0.5) is 0 Å². The van der Waals surface area contributed by atoms with E-state index in [9.17, 15) is 4.79 Å². The van der Waals surface area contributed by atoms with E-state index in [1.807, 2.05) is 37.1 Å². The topological polar surface area (TPSA) is 32.3 Å². The molecular weight excluding hydrogens is 212 g/mol. The SMILES string of the molecule is Cc1ccc(C(=O)N(C)[C@H]2CCNC2)cc1C. The predicted molar refractivity (Wildman–Crippen MR) is 69.3 cm³/mol. The largest absolute Gasteiger partial charge is 0.337 e. The van der Waals surface area contributed by atoms with Crippen molar-refractivity contribution in [2.75, 3.05) is 20.1 Å². The molecule has 1 N–H and O–H groups in total. The summed E-state index contributed by atoms with van der Waals surface area (Å²) in [6.07, 6.45) is 1.05. The van der Waals surface area contributed by atoms with Crippen molar-refractivity contribution in [1.29, 1.82) is 0 Å². The molecule has 1 aromatic rings. The van der Waals surface area contributed by atoms with Gasteiger partial charge < -0.3 is 10.2 Å². The van der Waals surface area contributed by atoms with Crippen LogP contribution in [0.25, 0.3) is 0 Å². The summed E-state index contributed by atoms with van der Waals surface area (Å²) in [7, 11) is 1.90. The zero-order valence-electron chi connectivity index (χ0n) is 10.8. The molecular formula is C14H20N2O. The van der Waals surface area contributed by atoms with Gasteiger partial charge in [-0.15, -0.1) is 0 Å². The molecule has 1 aliphatic heterocycles. The summed E-state index contributed by atoms with van der Waals surface area (Å²) in [4.78, 5) is 14.2. The maximum atomic E-state index is 12.3. The molecule has 3 nitrogen and oxygen atoms in total. The van der Waals surface area contributed by atoms with E-state index < -0.39 is 0 Å². The number of nitrogens with one attached hydrogen (secondary N) is 1. The molecule has 0 saturated carbocycles. The first-order chi connectivity index (χ1) is 8.09. The van der Waals surface area contributed by atoms with Crippen LogP contribution in [0.5, 0.6) is 0 Å². The lowest BCUT2D eigenvalue weighted by molar-refractivity contribution is 0.0743. The fourth-order valence-electron chi connectivity index (χ4n) is 2.21. The van der Waals surface area contributed by atoms with Crippen LogP contribution in [0.15, 0.2) is 18.2 Å². The number of nitrogens with zero attached hydrogens (tertiary/aromatic N) is 1. The summed E-state index contributed by atoms with van der Waals surface area (Å²) in [5.41, 5.74) is 3.20. The van der Waals surface area contributed by atoms with Gasteiger partial charge in [-0.1, -0.05) is 6.07 Å². The maximum absolute atomic E-state index is 12.3. The highest BCUT2D eigenvalue weighted by molar-refractivity contribution is 5.94. The molecule has 1 aromatic carbocycles. The smallest absolute Gasteiger partial charge is 0.253 e. The molecule has 1 aliphatic rings. The minimum Gasteiger partial charge on any atom is -0.337 e. The van der Waals surface area contributed by atoms with Gasteiger partial charge in [0.05, 0.1) is 0 Å². The van der Waals surface area contributed by atoms with Gasteiger partial charge in [-0.25, -0.2) is 0 Å². The fraction of sp³-hybridized carbons (Fsp3) is 0.500. The summed E-state index contributed by atoms with van der Waals surface area (Å²) < 4.78 is 0. The maximum Gasteiger partial charge on any atom is 0.253 e. The van der Waals surface area contributed by atoms with Gasteiger partial charge in [0.1, 0.15) is 0 Å². The second-order valence-electron chi connectivity index (χ2n) is 4.86. The second-order valence-corrected chi connectivity index (χ2v) is 4.86. The van der Waals surface area contributed by atoms with Crippen LogP contribution in [0.2, 0.25) is 0 Å². The Hall–Kier alpha value is -1.35. The molecule has 92 valence electrons. The van der Waals surface area contributed by atoms with E-state index >= 15 is 0 Å². The lowest BCUT2D eigenvalue weighted by atomic mass is 10.0. The number of carbonyl (C=O) groups excluding carboxylic acids is 1. The first kappa shape index (κ1) is 12.1. The minimum absolute atomic E-state index is 0.127. The zero-order chi connectivity index (χ0) is 12.4. The average Bonchev–Trinajstić information content (AvgIpc) is 2.84. The fourth-order valence-corrected chi connectivity index (χ4v) is 2.21. The highest BCUT2D eigenvalue weighted by Gasteiger charge is 2.23. The van der Waals surface area contributed by atoms with E-state index in [-0.39, 0.29) is 5.91 Å². The van der Waals surface area contributed by atoms with E-state index in [1.165, 1.54) is 11.1 Å². The Bertz CT molecular complexity index is 422. The first-order valence-corrected chi connectivity index (χ1v) is 6.14. The van der Waals surface area contributed by atoms with Gasteiger partial charge in [-0.2, -0.15) is 0 Å². The Morgan fingerprint density at radius 2 is 2.12 bits per heavy atom. The Labute approximate surface area is 103 Å². The molecule has 3 heteroatoms. The van der Waals surface area contributed by atoms with Gasteiger partial charge in [0.25, 0.3) is 5.91 Å². The number of rotatable bonds is 2. The van der Waals surface area contributed by atoms with Crippen LogP contribution in [-0.2, 0) is 0 Å². The van der Waals surface area contributed by atoms with Crippen molar-refractivity contribution in [1.82, 2.24) is 10.2 Å². The lowest BCUT2D eigenvalue weighted by Gasteiger charge is -2.24. The van der Waals surface area contributed by atoms with Crippen LogP contribution in [0, 0.1) is 13.8 Å². The Kier molecular flexibility index (Phi) is 3.48. The van der Waals surface area contributed by atoms with E-state index in [1.54, 1.807) is 0 Å². The van der Waals surface area contributed by atoms with Crippen LogP contribution in [-0.4, -0.2) is 37.0 Å². The zero-order valence-corrected chi connectivity index (χ0v) is 10.8. The second kappa shape index (κ2) is 4.88. The summed E-state index contributed by atoms with van der Waals surface area (Å²) in [5.74, 6) is 0.127. The van der Waals surface area contributed by atoms with Crippen molar-refractivity contribution in [2.45, 2.75) is 26.3 Å². The van der Waals surface area contributed by atoms with Gasteiger partial charge in [0, 0.05) is 25.2 Å². The minimum atomic E-state index is 0.127. The third-order valence-electron chi connectivity index (χ3n) is 3.66. The molecule has 0 bridgehead atoms. The van der Waals surface area contributed by atoms with Crippen molar-refractivity contribution in [3.63, 3.8) is 0 Å². The summed E-state index contributed by atoms with van der Waals surface area (Å²) >= 11 is 0. The van der Waals surface area contributed by atoms with E-state index in [0.717, 1.165) is 25.1 Å². The number of aryl methyl sites for hydroxylation is 2. The van der Waals surface area contributed by atoms with E-state index in [4.69, 9.17) is 0 Å². The predicted octanol–water partition coefficient (Wildman–Crippen LogP) is 1.74. The van der Waals surface area contributed by atoms with E-state index in [0.29, 0.717) is 6.04 Å². The number of hydrogen-bond donors (Lipinski definition) is 1. The summed E-state index contributed by atoms with van der Waals surface area (Å²) in [6.45, 7) is 6.03. The number of hydrogen-bond acceptors (Lipinski definition) is 2. The van der Waals surface area contributed by atoms with Crippen molar-refractivity contribution in [3.05, 3.63) is 34.9 Å². The molecule has 0 spiro atoms. The van der Waals surface area contributed by atoms with Gasteiger partial charge in [-0.05, 0) is 50.1 Å². The van der Waals surface area contributed by atoms with Crippen molar-refractivity contribution < 1.29 is 4.79 Å². The average molecular weight is 232 g/mol. The number of carbonyl (C=O) groups is 1. The quantitative estimate of drug-likeness (QED) is 0.842. The molecule has 1 heterocycles. The molecule has 0 aliphatic carbocycles. The van der Waals surface area contributed by atoms with Crippen molar-refractivity contribution in [2.24, 2.45) is 0 Å². The van der Waals surface area contributed by atoms with Gasteiger partial charge in [0.2, 0.25) is 0 Å². The number of amides is 1. The highest BCUT2D eigenvalue weighted by Crippen LogP contribution is 2.14. The summed E-state index contributed by atoms with van der Waals surface area (Å²) in [6, 6.07) is 6.26. The molecule has 1 atom stereocenters. The molecule has 0 radical (unpaired) electrons. The van der Waals surface area contributed by atoms with Crippen LogP contribution in [0.3, 0.4) is 0 Å². The molecule has 1 fully saturated rings. The monoisotopic (exact) mass is 232 g/mol. The van der Waals surface area contributed by atoms with Crippen LogP contribution >= 0.6 is 0 Å². The van der Waals surface area contributed by atoms with Gasteiger partial charge in [-0.3, -0.25) is 4.79 Å². The third kappa shape index (κ3) is 2.50.